The molecule has 2 aliphatic heterocycles. The van der Waals surface area contributed by atoms with E-state index in [1.807, 2.05) is 12.4 Å². The van der Waals surface area contributed by atoms with Gasteiger partial charge in [0.1, 0.15) is 0 Å². The zero-order valence-corrected chi connectivity index (χ0v) is 16.9. The standard InChI is InChI=1S/C21H33N2P/c1-6-7-15-24(4,5)21-10-8-9-18(2)19-16-20(11-13-22-17-19)23(3)14-12-21/h8-14,16-17,20-21,24H,6-7,15H2,1-5H3/b10-8?,14-12+,18-9+. The van der Waals surface area contributed by atoms with Crippen LogP contribution in [-0.4, -0.2) is 49.4 Å². The zero-order valence-electron chi connectivity index (χ0n) is 15.9. The maximum absolute atomic E-state index is 4.37. The van der Waals surface area contributed by atoms with Crippen molar-refractivity contribution < 1.29 is 0 Å². The number of unbranched alkanes of at least 4 members (excludes halogenated alkanes) is 1. The molecule has 2 heterocycles. The van der Waals surface area contributed by atoms with Gasteiger partial charge in [0.05, 0.1) is 0 Å². The van der Waals surface area contributed by atoms with E-state index in [0.29, 0.717) is 5.66 Å². The van der Waals surface area contributed by atoms with Crippen LogP contribution >= 0.6 is 7.26 Å². The summed E-state index contributed by atoms with van der Waals surface area (Å²) in [5, 5.41) is 0. The Labute approximate surface area is 148 Å². The van der Waals surface area contributed by atoms with Crippen LogP contribution in [0.3, 0.4) is 0 Å². The average Bonchev–Trinajstić information content (AvgIpc) is 2.81. The summed E-state index contributed by atoms with van der Waals surface area (Å²) in [5.41, 5.74) is 3.04. The summed E-state index contributed by atoms with van der Waals surface area (Å²) in [5.74, 6) is 0. The molecule has 0 N–H and O–H groups in total. The van der Waals surface area contributed by atoms with E-state index in [4.69, 9.17) is 0 Å². The van der Waals surface area contributed by atoms with Crippen LogP contribution in [0, 0.1) is 0 Å². The van der Waals surface area contributed by atoms with Gasteiger partial charge < -0.3 is 0 Å². The van der Waals surface area contributed by atoms with Gasteiger partial charge in [-0.05, 0) is 0 Å². The number of aliphatic imine (C=N–C) groups is 1. The Morgan fingerprint density at radius 3 is 2.75 bits per heavy atom. The number of hydrogen-bond acceptors (Lipinski definition) is 2. The predicted octanol–water partition coefficient (Wildman–Crippen LogP) is 5.02. The first kappa shape index (κ1) is 18.9. The van der Waals surface area contributed by atoms with E-state index in [1.54, 1.807) is 0 Å². The number of nitrogens with zero attached hydrogens (tertiary/aromatic N) is 2. The van der Waals surface area contributed by atoms with Crippen molar-refractivity contribution in [2.24, 2.45) is 4.99 Å². The fourth-order valence-electron chi connectivity index (χ4n) is 3.16. The number of fused-ring (bicyclic) bond motifs is 1. The van der Waals surface area contributed by atoms with Gasteiger partial charge in [-0.1, -0.05) is 0 Å². The molecule has 0 aliphatic carbocycles. The monoisotopic (exact) mass is 344 g/mol. The number of likely N-dealkylation sites (N-methyl/N-ethyl adjacent to an activating group) is 1. The fraction of sp³-hybridized carbons (Fsp3) is 0.476. The van der Waals surface area contributed by atoms with Crippen molar-refractivity contribution in [2.75, 3.05) is 26.5 Å². The molecule has 2 unspecified atom stereocenters. The van der Waals surface area contributed by atoms with Gasteiger partial charge in [-0.3, -0.25) is 0 Å². The van der Waals surface area contributed by atoms with Gasteiger partial charge in [0.25, 0.3) is 0 Å². The van der Waals surface area contributed by atoms with E-state index in [2.05, 4.69) is 86.8 Å². The summed E-state index contributed by atoms with van der Waals surface area (Å²) in [6, 6.07) is 0.251. The Balaban J connectivity index is 2.35. The molecule has 0 aromatic rings. The van der Waals surface area contributed by atoms with Gasteiger partial charge in [-0.15, -0.1) is 0 Å². The summed E-state index contributed by atoms with van der Waals surface area (Å²) in [7, 11) is 0.837. The molecule has 3 heteroatoms. The Kier molecular flexibility index (Phi) is 6.80. The second-order valence-electron chi connectivity index (χ2n) is 7.59. The molecule has 0 saturated carbocycles. The molecule has 0 fully saturated rings. The Bertz CT molecular complexity index is 605. The first-order chi connectivity index (χ1) is 11.4. The first-order valence-corrected chi connectivity index (χ1v) is 12.4. The van der Waals surface area contributed by atoms with Crippen LogP contribution in [0.4, 0.5) is 0 Å². The molecule has 2 aliphatic rings. The molecule has 0 spiro atoms. The second-order valence-corrected chi connectivity index (χ2v) is 12.7. The van der Waals surface area contributed by atoms with Crippen molar-refractivity contribution in [3.05, 3.63) is 60.0 Å². The molecule has 0 aromatic heterocycles. The summed E-state index contributed by atoms with van der Waals surface area (Å²) in [6.45, 7) is 9.51. The van der Waals surface area contributed by atoms with E-state index in [1.165, 1.54) is 30.1 Å². The molecule has 2 nitrogen and oxygen atoms in total. The molecular formula is C21H33N2P. The fourth-order valence-corrected chi connectivity index (χ4v) is 6.00. The zero-order chi connectivity index (χ0) is 17.6. The molecular weight excluding hydrogens is 311 g/mol. The van der Waals surface area contributed by atoms with Crippen LogP contribution in [0.2, 0.25) is 0 Å². The molecule has 2 atom stereocenters. The number of hydrogen-bond donors (Lipinski definition) is 0. The van der Waals surface area contributed by atoms with E-state index in [-0.39, 0.29) is 6.04 Å². The molecule has 0 aromatic carbocycles. The van der Waals surface area contributed by atoms with Crippen LogP contribution in [-0.2, 0) is 0 Å². The quantitative estimate of drug-likeness (QED) is 0.654. The van der Waals surface area contributed by atoms with Gasteiger partial charge in [0.15, 0.2) is 0 Å². The minimum atomic E-state index is -1.32. The van der Waals surface area contributed by atoms with Crippen LogP contribution in [0.25, 0.3) is 0 Å². The summed E-state index contributed by atoms with van der Waals surface area (Å²) >= 11 is 0. The van der Waals surface area contributed by atoms with Crippen molar-refractivity contribution in [3.8, 4) is 0 Å². The van der Waals surface area contributed by atoms with E-state index in [0.717, 1.165) is 0 Å². The second kappa shape index (κ2) is 8.62. The van der Waals surface area contributed by atoms with Gasteiger partial charge in [-0.25, -0.2) is 0 Å². The molecule has 132 valence electrons. The van der Waals surface area contributed by atoms with E-state index >= 15 is 0 Å². The molecule has 0 saturated heterocycles. The Hall–Kier alpha value is -1.40. The Morgan fingerprint density at radius 2 is 2.00 bits per heavy atom. The summed E-state index contributed by atoms with van der Waals surface area (Å²) in [4.78, 5) is 6.66. The van der Waals surface area contributed by atoms with Crippen molar-refractivity contribution >= 4 is 13.5 Å². The summed E-state index contributed by atoms with van der Waals surface area (Å²) in [6.07, 6.45) is 23.9. The topological polar surface area (TPSA) is 15.6 Å². The predicted molar refractivity (Wildman–Crippen MR) is 113 cm³/mol. The first-order valence-electron chi connectivity index (χ1n) is 9.11. The van der Waals surface area contributed by atoms with Crippen molar-refractivity contribution in [1.29, 1.82) is 0 Å². The average molecular weight is 344 g/mol. The maximum atomic E-state index is 4.37. The number of rotatable bonds is 4. The third kappa shape index (κ3) is 5.05. The van der Waals surface area contributed by atoms with Crippen molar-refractivity contribution in [3.63, 3.8) is 0 Å². The van der Waals surface area contributed by atoms with Crippen LogP contribution in [0.5, 0.6) is 0 Å². The molecule has 24 heavy (non-hydrogen) atoms. The third-order valence-corrected chi connectivity index (χ3v) is 8.96. The van der Waals surface area contributed by atoms with Crippen LogP contribution < -0.4 is 0 Å². The van der Waals surface area contributed by atoms with E-state index in [9.17, 15) is 0 Å². The normalized spacial score (nSPS) is 28.5. The van der Waals surface area contributed by atoms with Crippen molar-refractivity contribution in [2.45, 2.75) is 38.4 Å². The molecule has 0 amide bonds. The third-order valence-electron chi connectivity index (χ3n) is 5.13. The molecule has 0 radical (unpaired) electrons. The van der Waals surface area contributed by atoms with E-state index < -0.39 is 7.26 Å². The minimum absolute atomic E-state index is 0.251. The number of allylic oxidation sites excluding steroid dienone is 6. The SMILES string of the molecule is CCCC[PH](C)(C)C1C=C/C=C(\C)C2=CC(C=CN=C2)N(C)/C=C/1. The van der Waals surface area contributed by atoms with Gasteiger partial charge in [-0.2, -0.15) is 0 Å². The van der Waals surface area contributed by atoms with Gasteiger partial charge >= 0.3 is 148 Å². The molecule has 2 rings (SSSR count). The summed E-state index contributed by atoms with van der Waals surface area (Å²) < 4.78 is 0. The molecule has 2 bridgehead atoms. The van der Waals surface area contributed by atoms with Crippen LogP contribution in [0.15, 0.2) is 65.0 Å². The van der Waals surface area contributed by atoms with Crippen LogP contribution in [0.1, 0.15) is 26.7 Å². The van der Waals surface area contributed by atoms with Crippen molar-refractivity contribution in [1.82, 2.24) is 4.90 Å². The van der Waals surface area contributed by atoms with Gasteiger partial charge in [0, 0.05) is 0 Å². The van der Waals surface area contributed by atoms with Gasteiger partial charge in [0.2, 0.25) is 0 Å². The Morgan fingerprint density at radius 1 is 1.21 bits per heavy atom.